The number of rotatable bonds is 4. The van der Waals surface area contributed by atoms with E-state index in [9.17, 15) is 9.90 Å². The van der Waals surface area contributed by atoms with Crippen LogP contribution in [0.15, 0.2) is 29.3 Å². The number of aryl methyl sites for hydroxylation is 1. The van der Waals surface area contributed by atoms with Gasteiger partial charge in [-0.15, -0.1) is 10.2 Å². The fourth-order valence-corrected chi connectivity index (χ4v) is 6.44. The molecule has 0 unspecified atom stereocenters. The van der Waals surface area contributed by atoms with Crippen LogP contribution in [0.1, 0.15) is 20.3 Å². The van der Waals surface area contributed by atoms with Gasteiger partial charge in [0.1, 0.15) is 18.2 Å². The van der Waals surface area contributed by atoms with Crippen molar-refractivity contribution in [2.45, 2.75) is 38.0 Å². The third-order valence-electron chi connectivity index (χ3n) is 7.29. The standard InChI is InChI=1S/C22H26FN7O2S/c1-21-9-22(2,29(4)10-21)15(23)16(21)30(5)20-27-26-18(33-20)13-7-6-12(8-14(13)31)17-24-11-28(3)19(32)25-17/h6-8,11,15-16,31H,9-10H2,1-5H3/t15-,16+,21-,22-/m1/s1. The summed E-state index contributed by atoms with van der Waals surface area (Å²) < 4.78 is 16.8. The molecule has 2 bridgehead atoms. The van der Waals surface area contributed by atoms with E-state index in [0.29, 0.717) is 21.3 Å². The molecule has 5 rings (SSSR count). The predicted octanol–water partition coefficient (Wildman–Crippen LogP) is 2.32. The SMILES string of the molecule is CN(c1nnc(-c2ccc(-c3ncn(C)c(=O)n3)cc2O)s1)[C@H]1[C@@H](F)[C@@]2(C)C[C@]1(C)CN2C. The summed E-state index contributed by atoms with van der Waals surface area (Å²) >= 11 is 1.31. The van der Waals surface area contributed by atoms with Gasteiger partial charge in [-0.2, -0.15) is 4.98 Å². The second-order valence-corrected chi connectivity index (χ2v) is 10.7. The smallest absolute Gasteiger partial charge is 0.350 e. The number of aromatic nitrogens is 5. The number of hydrogen-bond donors (Lipinski definition) is 1. The third-order valence-corrected chi connectivity index (χ3v) is 8.34. The van der Waals surface area contributed by atoms with Gasteiger partial charge in [0.25, 0.3) is 0 Å². The molecule has 1 saturated heterocycles. The summed E-state index contributed by atoms with van der Waals surface area (Å²) in [5.41, 5.74) is -0.0674. The van der Waals surface area contributed by atoms with E-state index in [4.69, 9.17) is 0 Å². The topological polar surface area (TPSA) is 100 Å². The first kappa shape index (κ1) is 21.9. The Balaban J connectivity index is 1.42. The highest BCUT2D eigenvalue weighted by Crippen LogP contribution is 2.57. The third kappa shape index (κ3) is 3.24. The van der Waals surface area contributed by atoms with E-state index in [-0.39, 0.29) is 23.0 Å². The van der Waals surface area contributed by atoms with Gasteiger partial charge < -0.3 is 10.0 Å². The summed E-state index contributed by atoms with van der Waals surface area (Å²) in [5, 5.41) is 20.3. The fourth-order valence-electron chi connectivity index (χ4n) is 5.56. The number of fused-ring (bicyclic) bond motifs is 2. The molecule has 1 aliphatic heterocycles. The molecule has 11 heteroatoms. The minimum atomic E-state index is -1.01. The molecule has 3 aromatic rings. The van der Waals surface area contributed by atoms with E-state index in [2.05, 4.69) is 32.0 Å². The molecule has 0 spiro atoms. The molecule has 2 aromatic heterocycles. The Labute approximate surface area is 194 Å². The van der Waals surface area contributed by atoms with Crippen LogP contribution in [0.5, 0.6) is 5.75 Å². The first-order chi connectivity index (χ1) is 15.5. The molecular weight excluding hydrogens is 445 g/mol. The molecule has 174 valence electrons. The second kappa shape index (κ2) is 7.29. The number of nitrogens with zero attached hydrogens (tertiary/aromatic N) is 7. The highest BCUT2D eigenvalue weighted by Gasteiger charge is 2.66. The predicted molar refractivity (Wildman–Crippen MR) is 124 cm³/mol. The van der Waals surface area contributed by atoms with Crippen LogP contribution in [0.2, 0.25) is 0 Å². The van der Waals surface area contributed by atoms with Gasteiger partial charge in [-0.1, -0.05) is 24.3 Å². The van der Waals surface area contributed by atoms with Crippen LogP contribution < -0.4 is 10.6 Å². The molecule has 33 heavy (non-hydrogen) atoms. The van der Waals surface area contributed by atoms with E-state index >= 15 is 4.39 Å². The van der Waals surface area contributed by atoms with Crippen molar-refractivity contribution in [2.75, 3.05) is 25.5 Å². The number of aromatic hydroxyl groups is 1. The van der Waals surface area contributed by atoms with Crippen molar-refractivity contribution in [3.63, 3.8) is 0 Å². The lowest BCUT2D eigenvalue weighted by molar-refractivity contribution is 0.0412. The summed E-state index contributed by atoms with van der Waals surface area (Å²) in [4.78, 5) is 23.9. The summed E-state index contributed by atoms with van der Waals surface area (Å²) in [7, 11) is 5.42. The Hall–Kier alpha value is -2.92. The van der Waals surface area contributed by atoms with Crippen molar-refractivity contribution >= 4 is 16.5 Å². The molecule has 0 radical (unpaired) electrons. The summed E-state index contributed by atoms with van der Waals surface area (Å²) in [6.45, 7) is 4.96. The minimum Gasteiger partial charge on any atom is -0.507 e. The van der Waals surface area contributed by atoms with Crippen molar-refractivity contribution < 1.29 is 9.50 Å². The van der Waals surface area contributed by atoms with Crippen molar-refractivity contribution in [3.05, 3.63) is 35.0 Å². The zero-order valence-electron chi connectivity index (χ0n) is 19.2. The lowest BCUT2D eigenvalue weighted by Gasteiger charge is -2.45. The lowest BCUT2D eigenvalue weighted by atomic mass is 9.84. The fraction of sp³-hybridized carbons (Fsp3) is 0.500. The van der Waals surface area contributed by atoms with Crippen LogP contribution in [0.25, 0.3) is 22.0 Å². The van der Waals surface area contributed by atoms with E-state index in [1.807, 2.05) is 25.9 Å². The summed E-state index contributed by atoms with van der Waals surface area (Å²) in [5.74, 6) is 0.209. The largest absolute Gasteiger partial charge is 0.507 e. The van der Waals surface area contributed by atoms with Crippen LogP contribution >= 0.6 is 11.3 Å². The molecule has 1 saturated carbocycles. The number of benzene rings is 1. The number of alkyl halides is 1. The number of piperidine rings is 1. The molecule has 1 aromatic carbocycles. The zero-order chi connectivity index (χ0) is 23.7. The van der Waals surface area contributed by atoms with E-state index in [1.54, 1.807) is 19.2 Å². The normalized spacial score (nSPS) is 29.0. The number of hydrogen-bond acceptors (Lipinski definition) is 9. The molecule has 2 fully saturated rings. The minimum absolute atomic E-state index is 0.0217. The number of phenols is 1. The Morgan fingerprint density at radius 2 is 2.03 bits per heavy atom. The number of likely N-dealkylation sites (tertiary alicyclic amines) is 1. The van der Waals surface area contributed by atoms with Crippen LogP contribution in [0.3, 0.4) is 0 Å². The Kier molecular flexibility index (Phi) is 4.84. The summed E-state index contributed by atoms with van der Waals surface area (Å²) in [6.07, 6.45) is 1.17. The van der Waals surface area contributed by atoms with Crippen LogP contribution in [-0.4, -0.2) is 73.1 Å². The van der Waals surface area contributed by atoms with Gasteiger partial charge >= 0.3 is 5.69 Å². The molecular formula is C22H26FN7O2S. The Bertz CT molecular complexity index is 1300. The average Bonchev–Trinajstić information content (AvgIpc) is 3.38. The lowest BCUT2D eigenvalue weighted by Crippen LogP contribution is -2.59. The van der Waals surface area contributed by atoms with Crippen molar-refractivity contribution in [3.8, 4) is 27.7 Å². The van der Waals surface area contributed by atoms with E-state index < -0.39 is 17.4 Å². The molecule has 3 heterocycles. The monoisotopic (exact) mass is 471 g/mol. The van der Waals surface area contributed by atoms with Crippen molar-refractivity contribution in [1.29, 1.82) is 0 Å². The highest BCUT2D eigenvalue weighted by atomic mass is 32.1. The number of anilines is 1. The van der Waals surface area contributed by atoms with Crippen molar-refractivity contribution in [1.82, 2.24) is 29.6 Å². The molecule has 0 amide bonds. The van der Waals surface area contributed by atoms with Gasteiger partial charge in [0.2, 0.25) is 5.13 Å². The van der Waals surface area contributed by atoms with Gasteiger partial charge in [-0.3, -0.25) is 9.47 Å². The van der Waals surface area contributed by atoms with Gasteiger partial charge in [0.05, 0.1) is 17.1 Å². The van der Waals surface area contributed by atoms with Gasteiger partial charge in [-0.25, -0.2) is 14.2 Å². The molecule has 1 N–H and O–H groups in total. The number of halogens is 1. The summed E-state index contributed by atoms with van der Waals surface area (Å²) in [6, 6.07) is 4.62. The Morgan fingerprint density at radius 3 is 2.67 bits per heavy atom. The van der Waals surface area contributed by atoms with E-state index in [1.165, 1.54) is 28.3 Å². The molecule has 9 nitrogen and oxygen atoms in total. The van der Waals surface area contributed by atoms with Crippen molar-refractivity contribution in [2.24, 2.45) is 12.5 Å². The maximum atomic E-state index is 15.5. The van der Waals surface area contributed by atoms with Gasteiger partial charge in [0.15, 0.2) is 10.8 Å². The van der Waals surface area contributed by atoms with Crippen LogP contribution in [0, 0.1) is 5.41 Å². The first-order valence-corrected chi connectivity index (χ1v) is 11.5. The maximum absolute atomic E-state index is 15.5. The van der Waals surface area contributed by atoms with Crippen LogP contribution in [0.4, 0.5) is 9.52 Å². The molecule has 1 aliphatic carbocycles. The van der Waals surface area contributed by atoms with Gasteiger partial charge in [-0.05, 0) is 32.5 Å². The maximum Gasteiger partial charge on any atom is 0.350 e. The Morgan fingerprint density at radius 1 is 1.27 bits per heavy atom. The highest BCUT2D eigenvalue weighted by molar-refractivity contribution is 7.18. The molecule has 4 atom stereocenters. The molecule has 2 aliphatic rings. The van der Waals surface area contributed by atoms with Crippen LogP contribution in [-0.2, 0) is 7.05 Å². The first-order valence-electron chi connectivity index (χ1n) is 10.7. The van der Waals surface area contributed by atoms with E-state index in [0.717, 1.165) is 13.0 Å². The number of phenolic OH excluding ortho intramolecular Hbond substituents is 1. The zero-order valence-corrected chi connectivity index (χ0v) is 20.0. The average molecular weight is 472 g/mol. The second-order valence-electron chi connectivity index (χ2n) is 9.70. The quantitative estimate of drug-likeness (QED) is 0.619. The van der Waals surface area contributed by atoms with Gasteiger partial charge in [0, 0.05) is 31.6 Å².